The first-order chi connectivity index (χ1) is 14.9. The first kappa shape index (κ1) is 19.9. The lowest BCUT2D eigenvalue weighted by atomic mass is 10.1. The third-order valence-corrected chi connectivity index (χ3v) is 4.62. The van der Waals surface area contributed by atoms with Gasteiger partial charge in [0, 0.05) is 0 Å². The van der Waals surface area contributed by atoms with Gasteiger partial charge in [0.25, 0.3) is 23.6 Å². The van der Waals surface area contributed by atoms with E-state index < -0.39 is 40.8 Å². The summed E-state index contributed by atoms with van der Waals surface area (Å²) in [6.45, 7) is 0. The number of hydrogen-bond acceptors (Lipinski definition) is 4. The fraction of sp³-hybridized carbons (Fsp3) is 0. The van der Waals surface area contributed by atoms with Gasteiger partial charge in [-0.1, -0.05) is 30.3 Å². The first-order valence-corrected chi connectivity index (χ1v) is 9.01. The Labute approximate surface area is 174 Å². The summed E-state index contributed by atoms with van der Waals surface area (Å²) in [6, 6.07) is 14.7. The maximum absolute atomic E-state index is 13.9. The fourth-order valence-corrected chi connectivity index (χ4v) is 3.14. The molecular weight excluding hydrogens is 408 g/mol. The molecule has 0 aromatic heterocycles. The molecule has 1 aliphatic heterocycles. The average molecular weight is 421 g/mol. The number of nitrogens with one attached hydrogen (secondary N) is 2. The molecule has 0 atom stereocenters. The van der Waals surface area contributed by atoms with Gasteiger partial charge in [-0.25, -0.2) is 8.78 Å². The lowest BCUT2D eigenvalue weighted by Gasteiger charge is -2.17. The number of imide groups is 1. The summed E-state index contributed by atoms with van der Waals surface area (Å²) in [7, 11) is 0. The largest absolute Gasteiger partial charge is 0.321 e. The van der Waals surface area contributed by atoms with E-state index in [1.807, 2.05) is 0 Å². The third kappa shape index (κ3) is 3.52. The number of carbonyl (C=O) groups is 4. The van der Waals surface area contributed by atoms with Crippen LogP contribution in [-0.2, 0) is 0 Å². The highest BCUT2D eigenvalue weighted by Crippen LogP contribution is 2.23. The molecule has 1 heterocycles. The SMILES string of the molecule is O=C(NN1C(=O)c2ccccc2C1=O)c1ccccc1NC(=O)c1c(F)cccc1F. The summed E-state index contributed by atoms with van der Waals surface area (Å²) in [5.41, 5.74) is 1.51. The zero-order chi connectivity index (χ0) is 22.1. The Kier molecular flexibility index (Phi) is 5.00. The number of anilines is 1. The molecule has 0 fully saturated rings. The number of hydrazine groups is 1. The zero-order valence-electron chi connectivity index (χ0n) is 15.7. The molecule has 7 nitrogen and oxygen atoms in total. The van der Waals surface area contributed by atoms with E-state index in [1.54, 1.807) is 12.1 Å². The Morgan fingerprint density at radius 1 is 0.710 bits per heavy atom. The molecule has 0 aliphatic carbocycles. The minimum atomic E-state index is -1.10. The van der Waals surface area contributed by atoms with Crippen molar-refractivity contribution in [3.8, 4) is 0 Å². The van der Waals surface area contributed by atoms with Gasteiger partial charge in [-0.2, -0.15) is 5.01 Å². The number of halogens is 2. The quantitative estimate of drug-likeness (QED) is 0.633. The zero-order valence-corrected chi connectivity index (χ0v) is 15.7. The standard InChI is InChI=1S/C22H13F2N3O4/c23-15-9-5-10-16(24)18(15)20(29)25-17-11-4-3-8-14(17)19(28)26-27-21(30)12-6-1-2-7-13(12)22(27)31/h1-11H,(H,25,29)(H,26,28). The van der Waals surface area contributed by atoms with Crippen molar-refractivity contribution in [3.05, 3.63) is 101 Å². The fourth-order valence-electron chi connectivity index (χ4n) is 3.14. The molecule has 4 rings (SSSR count). The van der Waals surface area contributed by atoms with Crippen molar-refractivity contribution in [2.45, 2.75) is 0 Å². The van der Waals surface area contributed by atoms with Gasteiger partial charge < -0.3 is 5.32 Å². The lowest BCUT2D eigenvalue weighted by Crippen LogP contribution is -2.46. The minimum Gasteiger partial charge on any atom is -0.321 e. The normalized spacial score (nSPS) is 12.5. The van der Waals surface area contributed by atoms with Gasteiger partial charge in [-0.3, -0.25) is 24.6 Å². The Hall–Kier alpha value is -4.40. The maximum Gasteiger partial charge on any atom is 0.280 e. The van der Waals surface area contributed by atoms with E-state index >= 15 is 0 Å². The third-order valence-electron chi connectivity index (χ3n) is 4.62. The van der Waals surface area contributed by atoms with Crippen molar-refractivity contribution in [2.24, 2.45) is 0 Å². The molecule has 0 saturated carbocycles. The van der Waals surface area contributed by atoms with E-state index in [1.165, 1.54) is 36.4 Å². The van der Waals surface area contributed by atoms with E-state index in [2.05, 4.69) is 10.7 Å². The highest BCUT2D eigenvalue weighted by atomic mass is 19.1. The van der Waals surface area contributed by atoms with Gasteiger partial charge in [0.2, 0.25) is 0 Å². The van der Waals surface area contributed by atoms with Crippen LogP contribution in [0.4, 0.5) is 14.5 Å². The minimum absolute atomic E-state index is 0.0655. The molecule has 0 unspecified atom stereocenters. The number of carbonyl (C=O) groups excluding carboxylic acids is 4. The molecule has 31 heavy (non-hydrogen) atoms. The van der Waals surface area contributed by atoms with Crippen LogP contribution in [0, 0.1) is 11.6 Å². The van der Waals surface area contributed by atoms with Crippen LogP contribution in [0.3, 0.4) is 0 Å². The molecule has 1 aliphatic rings. The topological polar surface area (TPSA) is 95.6 Å². The van der Waals surface area contributed by atoms with Crippen LogP contribution >= 0.6 is 0 Å². The number of amides is 4. The van der Waals surface area contributed by atoms with Crippen LogP contribution in [0.2, 0.25) is 0 Å². The second-order valence-corrected chi connectivity index (χ2v) is 6.53. The average Bonchev–Trinajstić information content (AvgIpc) is 2.99. The molecule has 3 aromatic carbocycles. The van der Waals surface area contributed by atoms with Crippen LogP contribution < -0.4 is 10.7 Å². The Morgan fingerprint density at radius 2 is 1.26 bits per heavy atom. The van der Waals surface area contributed by atoms with Crippen LogP contribution in [0.25, 0.3) is 0 Å². The Bertz CT molecular complexity index is 1200. The number of fused-ring (bicyclic) bond motifs is 1. The van der Waals surface area contributed by atoms with Crippen molar-refractivity contribution in [1.82, 2.24) is 10.4 Å². The molecule has 154 valence electrons. The van der Waals surface area contributed by atoms with E-state index in [0.29, 0.717) is 5.01 Å². The molecule has 0 spiro atoms. The predicted octanol–water partition coefficient (Wildman–Crippen LogP) is 3.16. The highest BCUT2D eigenvalue weighted by Gasteiger charge is 2.37. The maximum atomic E-state index is 13.9. The molecule has 0 saturated heterocycles. The summed E-state index contributed by atoms with van der Waals surface area (Å²) >= 11 is 0. The van der Waals surface area contributed by atoms with Crippen molar-refractivity contribution in [3.63, 3.8) is 0 Å². The van der Waals surface area contributed by atoms with Crippen molar-refractivity contribution in [1.29, 1.82) is 0 Å². The van der Waals surface area contributed by atoms with Crippen LogP contribution in [0.15, 0.2) is 66.7 Å². The summed E-state index contributed by atoms with van der Waals surface area (Å²) in [5.74, 6) is -5.51. The summed E-state index contributed by atoms with van der Waals surface area (Å²) in [5, 5.41) is 2.86. The van der Waals surface area contributed by atoms with E-state index in [0.717, 1.165) is 18.2 Å². The Morgan fingerprint density at radius 3 is 1.87 bits per heavy atom. The molecule has 9 heteroatoms. The number of benzene rings is 3. The Balaban J connectivity index is 1.58. The molecular formula is C22H13F2N3O4. The number of hydrogen-bond donors (Lipinski definition) is 2. The van der Waals surface area contributed by atoms with Gasteiger partial charge in [-0.15, -0.1) is 0 Å². The summed E-state index contributed by atoms with van der Waals surface area (Å²) in [6.07, 6.45) is 0. The van der Waals surface area contributed by atoms with E-state index in [9.17, 15) is 28.0 Å². The van der Waals surface area contributed by atoms with Crippen molar-refractivity contribution in [2.75, 3.05) is 5.32 Å². The molecule has 0 radical (unpaired) electrons. The molecule has 2 N–H and O–H groups in total. The van der Waals surface area contributed by atoms with E-state index in [4.69, 9.17) is 0 Å². The van der Waals surface area contributed by atoms with Crippen LogP contribution in [0.5, 0.6) is 0 Å². The van der Waals surface area contributed by atoms with Crippen LogP contribution in [0.1, 0.15) is 41.4 Å². The smallest absolute Gasteiger partial charge is 0.280 e. The van der Waals surface area contributed by atoms with Gasteiger partial charge in [0.05, 0.1) is 22.4 Å². The monoisotopic (exact) mass is 421 g/mol. The van der Waals surface area contributed by atoms with Gasteiger partial charge in [0.1, 0.15) is 17.2 Å². The molecule has 0 bridgehead atoms. The van der Waals surface area contributed by atoms with Crippen LogP contribution in [-0.4, -0.2) is 28.6 Å². The summed E-state index contributed by atoms with van der Waals surface area (Å²) < 4.78 is 27.8. The van der Waals surface area contributed by atoms with Gasteiger partial charge in [-0.05, 0) is 36.4 Å². The predicted molar refractivity (Wildman–Crippen MR) is 105 cm³/mol. The second kappa shape index (κ2) is 7.79. The van der Waals surface area contributed by atoms with Crippen molar-refractivity contribution >= 4 is 29.3 Å². The van der Waals surface area contributed by atoms with Gasteiger partial charge in [0.15, 0.2) is 0 Å². The number of rotatable bonds is 4. The van der Waals surface area contributed by atoms with Gasteiger partial charge >= 0.3 is 0 Å². The van der Waals surface area contributed by atoms with E-state index in [-0.39, 0.29) is 22.4 Å². The van der Waals surface area contributed by atoms with Crippen molar-refractivity contribution < 1.29 is 28.0 Å². The number of para-hydroxylation sites is 1. The molecule has 4 amide bonds. The first-order valence-electron chi connectivity index (χ1n) is 9.01. The second-order valence-electron chi connectivity index (χ2n) is 6.53. The summed E-state index contributed by atoms with van der Waals surface area (Å²) in [4.78, 5) is 50.0. The molecule has 3 aromatic rings. The number of nitrogens with zero attached hydrogens (tertiary/aromatic N) is 1. The lowest BCUT2D eigenvalue weighted by molar-refractivity contribution is 0.0518. The highest BCUT2D eigenvalue weighted by molar-refractivity contribution is 6.22.